The number of nitrogens with zero attached hydrogens (tertiary/aromatic N) is 7. The van der Waals surface area contributed by atoms with E-state index in [4.69, 9.17) is 16.6 Å². The van der Waals surface area contributed by atoms with Gasteiger partial charge in [-0.3, -0.25) is 0 Å². The molecule has 30 heavy (non-hydrogen) atoms. The molecule has 2 aliphatic rings. The average molecular weight is 420 g/mol. The maximum atomic E-state index is 6.56. The van der Waals surface area contributed by atoms with Gasteiger partial charge in [0.1, 0.15) is 23.3 Å². The summed E-state index contributed by atoms with van der Waals surface area (Å²) in [5, 5.41) is 9.51. The maximum Gasteiger partial charge on any atom is 0.142 e. The first-order valence-electron chi connectivity index (χ1n) is 10.4. The lowest BCUT2D eigenvalue weighted by Crippen LogP contribution is -2.27. The highest BCUT2D eigenvalue weighted by atomic mass is 35.5. The van der Waals surface area contributed by atoms with Crippen molar-refractivity contribution in [1.82, 2.24) is 29.3 Å². The van der Waals surface area contributed by atoms with E-state index in [1.54, 1.807) is 6.20 Å². The standard InChI is InChI=1S/C22H22ClN7/c1-28-18-5-3-2-4-17(18)25-22(28)15-12-20(24-13-16(15)23)29-9-8-19-26-27-21(14-6-7-14)30(19)11-10-29/h2-5,12-14H,6-11H2,1H3. The Morgan fingerprint density at radius 1 is 1.07 bits per heavy atom. The summed E-state index contributed by atoms with van der Waals surface area (Å²) in [6.45, 7) is 2.63. The van der Waals surface area contributed by atoms with Gasteiger partial charge in [0, 0.05) is 50.8 Å². The fourth-order valence-electron chi connectivity index (χ4n) is 4.38. The van der Waals surface area contributed by atoms with Crippen LogP contribution in [-0.2, 0) is 20.0 Å². The van der Waals surface area contributed by atoms with Crippen molar-refractivity contribution in [2.45, 2.75) is 31.7 Å². The molecule has 1 aliphatic heterocycles. The van der Waals surface area contributed by atoms with E-state index >= 15 is 0 Å². The van der Waals surface area contributed by atoms with Gasteiger partial charge in [-0.15, -0.1) is 10.2 Å². The summed E-state index contributed by atoms with van der Waals surface area (Å²) in [5.41, 5.74) is 2.95. The van der Waals surface area contributed by atoms with Gasteiger partial charge in [-0.2, -0.15) is 0 Å². The zero-order valence-corrected chi connectivity index (χ0v) is 17.5. The molecule has 0 amide bonds. The van der Waals surface area contributed by atoms with Crippen LogP contribution >= 0.6 is 11.6 Å². The number of hydrogen-bond acceptors (Lipinski definition) is 5. The molecule has 0 bridgehead atoms. The van der Waals surface area contributed by atoms with Crippen molar-refractivity contribution in [2.24, 2.45) is 7.05 Å². The van der Waals surface area contributed by atoms with Crippen LogP contribution in [-0.4, -0.2) is 42.4 Å². The van der Waals surface area contributed by atoms with Crippen LogP contribution in [0.5, 0.6) is 0 Å². The van der Waals surface area contributed by atoms with E-state index in [1.807, 2.05) is 25.2 Å². The lowest BCUT2D eigenvalue weighted by molar-refractivity contribution is 0.647. The molecule has 1 aromatic carbocycles. The van der Waals surface area contributed by atoms with Crippen molar-refractivity contribution < 1.29 is 0 Å². The molecule has 0 saturated heterocycles. The second-order valence-corrected chi connectivity index (χ2v) is 8.55. The molecule has 0 spiro atoms. The van der Waals surface area contributed by atoms with Crippen LogP contribution < -0.4 is 4.90 Å². The molecule has 1 saturated carbocycles. The molecular formula is C22H22ClN7. The van der Waals surface area contributed by atoms with Gasteiger partial charge >= 0.3 is 0 Å². The number of aryl methyl sites for hydroxylation is 1. The average Bonchev–Trinajstić information content (AvgIpc) is 3.50. The summed E-state index contributed by atoms with van der Waals surface area (Å²) in [7, 11) is 2.03. The largest absolute Gasteiger partial charge is 0.354 e. The first-order chi connectivity index (χ1) is 14.7. The van der Waals surface area contributed by atoms with Crippen molar-refractivity contribution in [2.75, 3.05) is 18.0 Å². The van der Waals surface area contributed by atoms with Crippen molar-refractivity contribution >= 4 is 28.5 Å². The molecule has 0 atom stereocenters. The normalized spacial score (nSPS) is 16.7. The van der Waals surface area contributed by atoms with Gasteiger partial charge < -0.3 is 14.0 Å². The van der Waals surface area contributed by atoms with E-state index in [2.05, 4.69) is 41.3 Å². The third-order valence-corrected chi connectivity index (χ3v) is 6.49. The molecule has 1 aliphatic carbocycles. The number of fused-ring (bicyclic) bond motifs is 2. The Labute approximate surface area is 179 Å². The summed E-state index contributed by atoms with van der Waals surface area (Å²) in [5.74, 6) is 4.64. The molecule has 152 valence electrons. The fraction of sp³-hybridized carbons (Fsp3) is 0.364. The highest BCUT2D eigenvalue weighted by Gasteiger charge is 2.31. The number of para-hydroxylation sites is 2. The smallest absolute Gasteiger partial charge is 0.142 e. The van der Waals surface area contributed by atoms with Crippen molar-refractivity contribution in [1.29, 1.82) is 0 Å². The predicted molar refractivity (Wildman–Crippen MR) is 117 cm³/mol. The van der Waals surface area contributed by atoms with E-state index in [1.165, 1.54) is 12.8 Å². The second-order valence-electron chi connectivity index (χ2n) is 8.14. The lowest BCUT2D eigenvalue weighted by Gasteiger charge is -2.22. The maximum absolute atomic E-state index is 6.56. The van der Waals surface area contributed by atoms with E-state index in [-0.39, 0.29) is 0 Å². The van der Waals surface area contributed by atoms with Crippen LogP contribution in [0.2, 0.25) is 5.02 Å². The van der Waals surface area contributed by atoms with Crippen LogP contribution in [0.25, 0.3) is 22.4 Å². The Morgan fingerprint density at radius 3 is 2.77 bits per heavy atom. The van der Waals surface area contributed by atoms with Crippen LogP contribution in [0, 0.1) is 0 Å². The second kappa shape index (κ2) is 6.80. The summed E-state index contributed by atoms with van der Waals surface area (Å²) in [4.78, 5) is 11.8. The minimum atomic E-state index is 0.607. The summed E-state index contributed by atoms with van der Waals surface area (Å²) >= 11 is 6.56. The van der Waals surface area contributed by atoms with Crippen molar-refractivity contribution in [3.8, 4) is 11.4 Å². The zero-order valence-electron chi connectivity index (χ0n) is 16.8. The van der Waals surface area contributed by atoms with Gasteiger partial charge in [0.25, 0.3) is 0 Å². The molecule has 3 aromatic heterocycles. The fourth-order valence-corrected chi connectivity index (χ4v) is 4.56. The molecule has 0 radical (unpaired) electrons. The number of aromatic nitrogens is 6. The van der Waals surface area contributed by atoms with E-state index in [9.17, 15) is 0 Å². The molecular weight excluding hydrogens is 398 g/mol. The summed E-state index contributed by atoms with van der Waals surface area (Å²) in [6.07, 6.45) is 5.09. The number of anilines is 1. The van der Waals surface area contributed by atoms with E-state index in [0.29, 0.717) is 10.9 Å². The van der Waals surface area contributed by atoms with Crippen LogP contribution in [0.1, 0.15) is 30.4 Å². The molecule has 6 rings (SSSR count). The number of rotatable bonds is 3. The molecule has 4 heterocycles. The summed E-state index contributed by atoms with van der Waals surface area (Å²) < 4.78 is 4.41. The SMILES string of the molecule is Cn1c(-c2cc(N3CCc4nnc(C5CC5)n4CC3)ncc2Cl)nc2ccccc21. The number of pyridine rings is 1. The molecule has 1 fully saturated rings. The van der Waals surface area contributed by atoms with Gasteiger partial charge in [0.15, 0.2) is 0 Å². The minimum Gasteiger partial charge on any atom is -0.354 e. The summed E-state index contributed by atoms with van der Waals surface area (Å²) in [6, 6.07) is 10.2. The molecule has 8 heteroatoms. The Bertz CT molecular complexity index is 1250. The van der Waals surface area contributed by atoms with Crippen LogP contribution in [0.15, 0.2) is 36.5 Å². The number of benzene rings is 1. The number of halogens is 1. The van der Waals surface area contributed by atoms with Crippen molar-refractivity contribution in [3.63, 3.8) is 0 Å². The monoisotopic (exact) mass is 419 g/mol. The van der Waals surface area contributed by atoms with Crippen LogP contribution in [0.4, 0.5) is 5.82 Å². The predicted octanol–water partition coefficient (Wildman–Crippen LogP) is 3.82. The highest BCUT2D eigenvalue weighted by molar-refractivity contribution is 6.33. The number of imidazole rings is 1. The molecule has 4 aromatic rings. The van der Waals surface area contributed by atoms with E-state index < -0.39 is 0 Å². The van der Waals surface area contributed by atoms with Gasteiger partial charge in [-0.1, -0.05) is 23.7 Å². The number of hydrogen-bond donors (Lipinski definition) is 0. The Morgan fingerprint density at radius 2 is 1.93 bits per heavy atom. The van der Waals surface area contributed by atoms with Gasteiger partial charge in [0.05, 0.1) is 16.1 Å². The third kappa shape index (κ3) is 2.88. The Balaban J connectivity index is 1.34. The lowest BCUT2D eigenvalue weighted by atomic mass is 10.2. The zero-order chi connectivity index (χ0) is 20.2. The van der Waals surface area contributed by atoms with Crippen LogP contribution in [0.3, 0.4) is 0 Å². The van der Waals surface area contributed by atoms with Gasteiger partial charge in [-0.05, 0) is 31.0 Å². The van der Waals surface area contributed by atoms with Crippen molar-refractivity contribution in [3.05, 3.63) is 53.2 Å². The third-order valence-electron chi connectivity index (χ3n) is 6.19. The van der Waals surface area contributed by atoms with Gasteiger partial charge in [-0.25, -0.2) is 9.97 Å². The van der Waals surface area contributed by atoms with Gasteiger partial charge in [0.2, 0.25) is 0 Å². The van der Waals surface area contributed by atoms with E-state index in [0.717, 1.165) is 65.9 Å². The quantitative estimate of drug-likeness (QED) is 0.505. The molecule has 7 nitrogen and oxygen atoms in total. The first kappa shape index (κ1) is 17.9. The molecule has 0 unspecified atom stereocenters. The minimum absolute atomic E-state index is 0.607. The molecule has 0 N–H and O–H groups in total. The Hall–Kier alpha value is -2.93. The first-order valence-corrected chi connectivity index (χ1v) is 10.8. The topological polar surface area (TPSA) is 64.7 Å². The highest BCUT2D eigenvalue weighted by Crippen LogP contribution is 2.39. The Kier molecular flexibility index (Phi) is 4.06.